The Bertz CT molecular complexity index is 839. The van der Waals surface area contributed by atoms with Crippen LogP contribution in [0, 0.1) is 6.92 Å². The van der Waals surface area contributed by atoms with E-state index in [1.54, 1.807) is 7.11 Å². The predicted molar refractivity (Wildman–Crippen MR) is 136 cm³/mol. The van der Waals surface area contributed by atoms with Crippen LogP contribution in [0.25, 0.3) is 0 Å². The van der Waals surface area contributed by atoms with Crippen LogP contribution in [0.2, 0.25) is 0 Å². The second-order valence-corrected chi connectivity index (χ2v) is 7.40. The first-order chi connectivity index (χ1) is 14.7. The van der Waals surface area contributed by atoms with Gasteiger partial charge in [-0.25, -0.2) is 4.99 Å². The third-order valence-corrected chi connectivity index (χ3v) is 5.04. The van der Waals surface area contributed by atoms with Crippen LogP contribution < -0.4 is 20.1 Å². The summed E-state index contributed by atoms with van der Waals surface area (Å²) in [4.78, 5) is 4.77. The number of benzene rings is 2. The summed E-state index contributed by atoms with van der Waals surface area (Å²) in [6, 6.07) is 14.4. The van der Waals surface area contributed by atoms with E-state index in [9.17, 15) is 0 Å². The minimum absolute atomic E-state index is 0. The number of nitrogens with zero attached hydrogens (tertiary/aromatic N) is 1. The van der Waals surface area contributed by atoms with E-state index in [1.165, 1.54) is 11.1 Å². The number of para-hydroxylation sites is 1. The summed E-state index contributed by atoms with van der Waals surface area (Å²) < 4.78 is 17.1. The van der Waals surface area contributed by atoms with Crippen molar-refractivity contribution in [3.63, 3.8) is 0 Å². The number of nitrogens with one attached hydrogen (secondary N) is 2. The van der Waals surface area contributed by atoms with E-state index >= 15 is 0 Å². The molecule has 1 aliphatic rings. The molecule has 1 atom stereocenters. The minimum atomic E-state index is 0. The van der Waals surface area contributed by atoms with Gasteiger partial charge in [0.15, 0.2) is 5.96 Å². The van der Waals surface area contributed by atoms with Crippen LogP contribution in [0.1, 0.15) is 30.0 Å². The lowest BCUT2D eigenvalue weighted by Gasteiger charge is -2.16. The van der Waals surface area contributed by atoms with Crippen LogP contribution in [0.15, 0.2) is 47.5 Å². The molecule has 2 aromatic carbocycles. The zero-order chi connectivity index (χ0) is 21.2. The number of hydrogen-bond donors (Lipinski definition) is 2. The van der Waals surface area contributed by atoms with Crippen molar-refractivity contribution < 1.29 is 14.2 Å². The molecule has 0 spiro atoms. The number of aliphatic imine (C=N–C) groups is 1. The van der Waals surface area contributed by atoms with E-state index < -0.39 is 0 Å². The number of hydrogen-bond acceptors (Lipinski definition) is 4. The van der Waals surface area contributed by atoms with E-state index in [0.717, 1.165) is 55.6 Å². The van der Waals surface area contributed by atoms with Gasteiger partial charge < -0.3 is 24.8 Å². The summed E-state index contributed by atoms with van der Waals surface area (Å²) in [6.07, 6.45) is 1.92. The predicted octanol–water partition coefficient (Wildman–Crippen LogP) is 4.09. The first-order valence-corrected chi connectivity index (χ1v) is 10.7. The lowest BCUT2D eigenvalue weighted by atomic mass is 10.1. The monoisotopic (exact) mass is 539 g/mol. The lowest BCUT2D eigenvalue weighted by Crippen LogP contribution is -2.38. The molecule has 0 amide bonds. The highest BCUT2D eigenvalue weighted by Crippen LogP contribution is 2.24. The fourth-order valence-corrected chi connectivity index (χ4v) is 3.42. The molecule has 7 heteroatoms. The van der Waals surface area contributed by atoms with Gasteiger partial charge in [-0.05, 0) is 43.5 Å². The Morgan fingerprint density at radius 3 is 2.71 bits per heavy atom. The zero-order valence-corrected chi connectivity index (χ0v) is 21.0. The molecule has 3 rings (SSSR count). The van der Waals surface area contributed by atoms with Crippen LogP contribution in [-0.2, 0) is 17.7 Å². The first kappa shape index (κ1) is 25.3. The smallest absolute Gasteiger partial charge is 0.191 e. The van der Waals surface area contributed by atoms with Crippen LogP contribution in [-0.4, -0.2) is 45.5 Å². The van der Waals surface area contributed by atoms with Crippen molar-refractivity contribution in [2.75, 3.05) is 33.4 Å². The van der Waals surface area contributed by atoms with Gasteiger partial charge >= 0.3 is 0 Å². The van der Waals surface area contributed by atoms with Gasteiger partial charge in [-0.15, -0.1) is 24.0 Å². The number of guanidine groups is 1. The van der Waals surface area contributed by atoms with Crippen molar-refractivity contribution in [3.8, 4) is 11.5 Å². The van der Waals surface area contributed by atoms with Gasteiger partial charge in [-0.2, -0.15) is 0 Å². The van der Waals surface area contributed by atoms with Crippen molar-refractivity contribution in [3.05, 3.63) is 59.2 Å². The molecule has 0 aromatic heterocycles. The quantitative estimate of drug-likeness (QED) is 0.286. The number of methoxy groups -OCH3 is 1. The van der Waals surface area contributed by atoms with Crippen molar-refractivity contribution in [1.29, 1.82) is 0 Å². The van der Waals surface area contributed by atoms with Crippen LogP contribution in [0.3, 0.4) is 0 Å². The maximum absolute atomic E-state index is 6.20. The van der Waals surface area contributed by atoms with Crippen molar-refractivity contribution in [2.24, 2.45) is 4.99 Å². The Morgan fingerprint density at radius 1 is 1.13 bits per heavy atom. The lowest BCUT2D eigenvalue weighted by molar-refractivity contribution is 0.140. The van der Waals surface area contributed by atoms with E-state index in [4.69, 9.17) is 19.2 Å². The average Bonchev–Trinajstić information content (AvgIpc) is 3.26. The molecule has 1 unspecified atom stereocenters. The van der Waals surface area contributed by atoms with E-state index in [-0.39, 0.29) is 30.1 Å². The molecule has 31 heavy (non-hydrogen) atoms. The molecule has 170 valence electrons. The van der Waals surface area contributed by atoms with Crippen molar-refractivity contribution >= 4 is 29.9 Å². The summed E-state index contributed by atoms with van der Waals surface area (Å²) in [6.45, 7) is 7.69. The summed E-state index contributed by atoms with van der Waals surface area (Å²) in [7, 11) is 1.71. The molecule has 1 heterocycles. The van der Waals surface area contributed by atoms with Gasteiger partial charge in [0.2, 0.25) is 0 Å². The SMILES string of the molecule is CCNC(=NCc1ccc(C)cc1OC1CCOC1)NCCc1ccccc1OC.I. The highest BCUT2D eigenvalue weighted by molar-refractivity contribution is 14.0. The standard InChI is InChI=1S/C24H33N3O3.HI/c1-4-25-24(26-13-11-19-7-5-6-8-22(19)28-3)27-16-20-10-9-18(2)15-23(20)30-21-12-14-29-17-21;/h5-10,15,21H,4,11-14,16-17H2,1-3H3,(H2,25,26,27);1H. The first-order valence-electron chi connectivity index (χ1n) is 10.7. The Hall–Kier alpha value is -2.00. The molecule has 6 nitrogen and oxygen atoms in total. The average molecular weight is 539 g/mol. The molecular formula is C24H34IN3O3. The largest absolute Gasteiger partial charge is 0.496 e. The second kappa shape index (κ2) is 13.4. The molecule has 0 bridgehead atoms. The molecule has 0 saturated carbocycles. The van der Waals surface area contributed by atoms with Gasteiger partial charge in [-0.3, -0.25) is 0 Å². The molecule has 2 aromatic rings. The molecule has 0 aliphatic carbocycles. The van der Waals surface area contributed by atoms with E-state index in [1.807, 2.05) is 18.2 Å². The number of ether oxygens (including phenoxy) is 3. The van der Waals surface area contributed by atoms with Gasteiger partial charge in [0.05, 0.1) is 26.9 Å². The van der Waals surface area contributed by atoms with Crippen molar-refractivity contribution in [1.82, 2.24) is 10.6 Å². The topological polar surface area (TPSA) is 64.1 Å². The number of rotatable bonds is 9. The zero-order valence-electron chi connectivity index (χ0n) is 18.6. The fourth-order valence-electron chi connectivity index (χ4n) is 3.42. The van der Waals surface area contributed by atoms with Gasteiger partial charge in [0.25, 0.3) is 0 Å². The Labute approximate surface area is 202 Å². The molecule has 0 radical (unpaired) electrons. The minimum Gasteiger partial charge on any atom is -0.496 e. The molecule has 2 N–H and O–H groups in total. The molecular weight excluding hydrogens is 505 g/mol. The van der Waals surface area contributed by atoms with Crippen LogP contribution in [0.4, 0.5) is 0 Å². The number of aryl methyl sites for hydroxylation is 1. The van der Waals surface area contributed by atoms with Crippen molar-refractivity contribution in [2.45, 2.75) is 39.3 Å². The summed E-state index contributed by atoms with van der Waals surface area (Å²) >= 11 is 0. The summed E-state index contributed by atoms with van der Waals surface area (Å²) in [5, 5.41) is 6.74. The normalized spacial score (nSPS) is 15.8. The summed E-state index contributed by atoms with van der Waals surface area (Å²) in [5.41, 5.74) is 3.43. The molecule has 1 aliphatic heterocycles. The van der Waals surface area contributed by atoms with Gasteiger partial charge in [0.1, 0.15) is 17.6 Å². The second-order valence-electron chi connectivity index (χ2n) is 7.40. The van der Waals surface area contributed by atoms with E-state index in [2.05, 4.69) is 48.7 Å². The fraction of sp³-hybridized carbons (Fsp3) is 0.458. The Morgan fingerprint density at radius 2 is 1.97 bits per heavy atom. The van der Waals surface area contributed by atoms with Gasteiger partial charge in [-0.1, -0.05) is 30.3 Å². The van der Waals surface area contributed by atoms with Crippen LogP contribution >= 0.6 is 24.0 Å². The molecule has 1 fully saturated rings. The third kappa shape index (κ3) is 7.88. The highest BCUT2D eigenvalue weighted by atomic mass is 127. The third-order valence-electron chi connectivity index (χ3n) is 5.04. The summed E-state index contributed by atoms with van der Waals surface area (Å²) in [5.74, 6) is 2.61. The number of halogens is 1. The maximum atomic E-state index is 6.20. The van der Waals surface area contributed by atoms with Gasteiger partial charge in [0, 0.05) is 25.1 Å². The van der Waals surface area contributed by atoms with Crippen LogP contribution in [0.5, 0.6) is 11.5 Å². The molecule has 1 saturated heterocycles. The maximum Gasteiger partial charge on any atom is 0.191 e. The highest BCUT2D eigenvalue weighted by Gasteiger charge is 2.18. The van der Waals surface area contributed by atoms with E-state index in [0.29, 0.717) is 13.2 Å². The Balaban J connectivity index is 0.00000341. The Kier molecular flexibility index (Phi) is 10.9.